The van der Waals surface area contributed by atoms with Gasteiger partial charge in [0, 0.05) is 6.04 Å². The van der Waals surface area contributed by atoms with Crippen molar-refractivity contribution in [3.8, 4) is 5.88 Å². The molecule has 1 fully saturated rings. The largest absolute Gasteiger partial charge is 0.480 e. The second-order valence-corrected chi connectivity index (χ2v) is 5.61. The minimum atomic E-state index is 0.495. The first-order valence-electron chi connectivity index (χ1n) is 6.57. The van der Waals surface area contributed by atoms with Gasteiger partial charge in [-0.15, -0.1) is 0 Å². The van der Waals surface area contributed by atoms with Gasteiger partial charge in [0.15, 0.2) is 0 Å². The molecule has 0 aliphatic heterocycles. The Kier molecular flexibility index (Phi) is 4.80. The van der Waals surface area contributed by atoms with Gasteiger partial charge in [0.25, 0.3) is 0 Å². The fourth-order valence-electron chi connectivity index (χ4n) is 2.62. The van der Waals surface area contributed by atoms with E-state index in [-0.39, 0.29) is 0 Å². The summed E-state index contributed by atoms with van der Waals surface area (Å²) >= 11 is 3.36. The topological polar surface area (TPSA) is 47.0 Å². The molecular formula is C13H20BrN3O. The van der Waals surface area contributed by atoms with Crippen LogP contribution in [0.2, 0.25) is 0 Å². The van der Waals surface area contributed by atoms with Crippen LogP contribution in [0.15, 0.2) is 10.7 Å². The number of anilines is 1. The first-order valence-corrected chi connectivity index (χ1v) is 7.37. The maximum Gasteiger partial charge on any atom is 0.232 e. The van der Waals surface area contributed by atoms with Crippen LogP contribution in [-0.4, -0.2) is 23.1 Å². The molecule has 1 N–H and O–H groups in total. The van der Waals surface area contributed by atoms with Crippen molar-refractivity contribution in [2.45, 2.75) is 45.1 Å². The number of hydrogen-bond acceptors (Lipinski definition) is 4. The summed E-state index contributed by atoms with van der Waals surface area (Å²) in [5, 5.41) is 3.46. The van der Waals surface area contributed by atoms with Gasteiger partial charge in [-0.2, -0.15) is 4.98 Å². The quantitative estimate of drug-likeness (QED) is 0.922. The van der Waals surface area contributed by atoms with Crippen LogP contribution in [0.25, 0.3) is 0 Å². The van der Waals surface area contributed by atoms with Crippen LogP contribution in [0.1, 0.15) is 39.0 Å². The van der Waals surface area contributed by atoms with Gasteiger partial charge in [0.1, 0.15) is 0 Å². The number of aromatic nitrogens is 2. The Morgan fingerprint density at radius 1 is 1.44 bits per heavy atom. The molecule has 1 aromatic heterocycles. The molecule has 0 spiro atoms. The van der Waals surface area contributed by atoms with Crippen LogP contribution >= 0.6 is 15.9 Å². The van der Waals surface area contributed by atoms with Crippen molar-refractivity contribution >= 4 is 21.9 Å². The summed E-state index contributed by atoms with van der Waals surface area (Å²) in [6.07, 6.45) is 8.11. The molecule has 4 nitrogen and oxygen atoms in total. The number of rotatable bonds is 4. The highest BCUT2D eigenvalue weighted by Crippen LogP contribution is 2.29. The van der Waals surface area contributed by atoms with E-state index in [4.69, 9.17) is 4.74 Å². The van der Waals surface area contributed by atoms with Gasteiger partial charge in [0.2, 0.25) is 11.8 Å². The van der Waals surface area contributed by atoms with Gasteiger partial charge in [-0.1, -0.05) is 26.2 Å². The summed E-state index contributed by atoms with van der Waals surface area (Å²) in [6, 6.07) is 0.495. The minimum absolute atomic E-state index is 0.495. The van der Waals surface area contributed by atoms with Crippen LogP contribution in [0.3, 0.4) is 0 Å². The van der Waals surface area contributed by atoms with Crippen LogP contribution in [0, 0.1) is 5.92 Å². The van der Waals surface area contributed by atoms with E-state index in [0.717, 1.165) is 10.4 Å². The molecule has 0 amide bonds. The third kappa shape index (κ3) is 3.13. The fourth-order valence-corrected chi connectivity index (χ4v) is 2.97. The molecule has 1 aromatic rings. The van der Waals surface area contributed by atoms with Gasteiger partial charge in [-0.25, -0.2) is 4.98 Å². The predicted molar refractivity (Wildman–Crippen MR) is 75.9 cm³/mol. The van der Waals surface area contributed by atoms with Crippen LogP contribution in [-0.2, 0) is 0 Å². The molecule has 0 saturated heterocycles. The van der Waals surface area contributed by atoms with Crippen molar-refractivity contribution in [2.24, 2.45) is 5.92 Å². The molecular weight excluding hydrogens is 294 g/mol. The molecule has 2 unspecified atom stereocenters. The van der Waals surface area contributed by atoms with Crippen LogP contribution < -0.4 is 10.1 Å². The highest BCUT2D eigenvalue weighted by molar-refractivity contribution is 9.10. The maximum absolute atomic E-state index is 5.19. The molecule has 18 heavy (non-hydrogen) atoms. The van der Waals surface area contributed by atoms with Crippen molar-refractivity contribution in [2.75, 3.05) is 12.4 Å². The molecule has 1 aliphatic carbocycles. The molecule has 1 saturated carbocycles. The zero-order valence-corrected chi connectivity index (χ0v) is 12.5. The van der Waals surface area contributed by atoms with E-state index < -0.39 is 0 Å². The average Bonchev–Trinajstić information content (AvgIpc) is 2.41. The van der Waals surface area contributed by atoms with E-state index in [2.05, 4.69) is 38.1 Å². The molecule has 0 radical (unpaired) electrons. The Bertz CT molecular complexity index is 400. The maximum atomic E-state index is 5.19. The van der Waals surface area contributed by atoms with E-state index in [1.807, 2.05) is 0 Å². The number of ether oxygens (including phenoxy) is 1. The first-order chi connectivity index (χ1) is 8.74. The lowest BCUT2D eigenvalue weighted by Gasteiger charge is -2.31. The number of hydrogen-bond donors (Lipinski definition) is 1. The standard InChI is InChI=1S/C13H20BrN3O/c1-3-9-6-4-5-7-11(9)16-13-15-8-10(14)12(17-13)18-2/h8-9,11H,3-7H2,1-2H3,(H,15,16,17). The Hall–Kier alpha value is -0.840. The zero-order valence-electron chi connectivity index (χ0n) is 10.9. The monoisotopic (exact) mass is 313 g/mol. The Balaban J connectivity index is 2.07. The van der Waals surface area contributed by atoms with Gasteiger partial charge >= 0.3 is 0 Å². The molecule has 2 atom stereocenters. The van der Waals surface area contributed by atoms with Crippen molar-refractivity contribution in [3.63, 3.8) is 0 Å². The summed E-state index contributed by atoms with van der Waals surface area (Å²) in [7, 11) is 1.62. The van der Waals surface area contributed by atoms with Crippen LogP contribution in [0.4, 0.5) is 5.95 Å². The van der Waals surface area contributed by atoms with Gasteiger partial charge in [0.05, 0.1) is 17.8 Å². The van der Waals surface area contributed by atoms with Gasteiger partial charge in [-0.05, 0) is 34.7 Å². The molecule has 1 heterocycles. The van der Waals surface area contributed by atoms with E-state index in [1.165, 1.54) is 32.1 Å². The Morgan fingerprint density at radius 3 is 2.94 bits per heavy atom. The lowest BCUT2D eigenvalue weighted by atomic mass is 9.83. The average molecular weight is 314 g/mol. The van der Waals surface area contributed by atoms with E-state index in [1.54, 1.807) is 13.3 Å². The van der Waals surface area contributed by atoms with Gasteiger partial charge in [-0.3, -0.25) is 0 Å². The SMILES string of the molecule is CCC1CCCCC1Nc1ncc(Br)c(OC)n1. The predicted octanol–water partition coefficient (Wildman–Crippen LogP) is 3.63. The summed E-state index contributed by atoms with van der Waals surface area (Å²) < 4.78 is 5.97. The number of methoxy groups -OCH3 is 1. The normalized spacial score (nSPS) is 23.7. The minimum Gasteiger partial charge on any atom is -0.480 e. The summed E-state index contributed by atoms with van der Waals surface area (Å²) in [4.78, 5) is 8.66. The Labute approximate surface area is 117 Å². The number of nitrogens with one attached hydrogen (secondary N) is 1. The molecule has 0 aromatic carbocycles. The third-order valence-corrected chi connectivity index (χ3v) is 4.20. The summed E-state index contributed by atoms with van der Waals surface area (Å²) in [5.74, 6) is 1.98. The van der Waals surface area contributed by atoms with E-state index in [0.29, 0.717) is 17.9 Å². The second kappa shape index (κ2) is 6.36. The molecule has 100 valence electrons. The van der Waals surface area contributed by atoms with Crippen molar-refractivity contribution in [1.29, 1.82) is 0 Å². The lowest BCUT2D eigenvalue weighted by Crippen LogP contribution is -2.32. The summed E-state index contributed by atoms with van der Waals surface area (Å²) in [5.41, 5.74) is 0. The second-order valence-electron chi connectivity index (χ2n) is 4.75. The van der Waals surface area contributed by atoms with Crippen molar-refractivity contribution < 1.29 is 4.74 Å². The van der Waals surface area contributed by atoms with Crippen molar-refractivity contribution in [3.05, 3.63) is 10.7 Å². The number of halogens is 1. The highest BCUT2D eigenvalue weighted by Gasteiger charge is 2.24. The first kappa shape index (κ1) is 13.6. The smallest absolute Gasteiger partial charge is 0.232 e. The number of nitrogens with zero attached hydrogens (tertiary/aromatic N) is 2. The molecule has 5 heteroatoms. The fraction of sp³-hybridized carbons (Fsp3) is 0.692. The summed E-state index contributed by atoms with van der Waals surface area (Å²) in [6.45, 7) is 2.26. The van der Waals surface area contributed by atoms with Crippen LogP contribution in [0.5, 0.6) is 5.88 Å². The molecule has 2 rings (SSSR count). The van der Waals surface area contributed by atoms with E-state index >= 15 is 0 Å². The third-order valence-electron chi connectivity index (χ3n) is 3.65. The zero-order chi connectivity index (χ0) is 13.0. The Morgan fingerprint density at radius 2 is 2.22 bits per heavy atom. The lowest BCUT2D eigenvalue weighted by molar-refractivity contribution is 0.315. The van der Waals surface area contributed by atoms with Gasteiger partial charge < -0.3 is 10.1 Å². The highest BCUT2D eigenvalue weighted by atomic mass is 79.9. The van der Waals surface area contributed by atoms with Crippen molar-refractivity contribution in [1.82, 2.24) is 9.97 Å². The molecule has 1 aliphatic rings. The van der Waals surface area contributed by atoms with E-state index in [9.17, 15) is 0 Å². The molecule has 0 bridgehead atoms.